The Morgan fingerprint density at radius 3 is 2.21 bits per heavy atom. The molecule has 102 valence electrons. The number of nitrogens with one attached hydrogen (secondary N) is 1. The minimum absolute atomic E-state index is 0.283. The van der Waals surface area contributed by atoms with E-state index in [1.807, 2.05) is 0 Å². The molecule has 1 N–H and O–H groups in total. The summed E-state index contributed by atoms with van der Waals surface area (Å²) in [6.45, 7) is 10.6. The Morgan fingerprint density at radius 1 is 1.16 bits per heavy atom. The number of halogens is 1. The van der Waals surface area contributed by atoms with E-state index in [0.717, 1.165) is 16.4 Å². The standard InChI is InChI=1S/C15H19BrN2S/c1-8-6-13(7-9(2)14(8)16)18-11(4)15-10(3)17-12(5)19-15/h6-7,11,18H,1-5H3. The van der Waals surface area contributed by atoms with Gasteiger partial charge in [-0.3, -0.25) is 0 Å². The lowest BCUT2D eigenvalue weighted by atomic mass is 10.1. The van der Waals surface area contributed by atoms with Crippen LogP contribution in [0.2, 0.25) is 0 Å². The molecule has 1 aromatic carbocycles. The summed E-state index contributed by atoms with van der Waals surface area (Å²) in [6, 6.07) is 4.64. The smallest absolute Gasteiger partial charge is 0.0900 e. The lowest BCUT2D eigenvalue weighted by Crippen LogP contribution is -2.06. The van der Waals surface area contributed by atoms with E-state index in [9.17, 15) is 0 Å². The maximum atomic E-state index is 4.49. The van der Waals surface area contributed by atoms with Gasteiger partial charge < -0.3 is 5.32 Å². The van der Waals surface area contributed by atoms with Crippen LogP contribution in [-0.4, -0.2) is 4.98 Å². The Morgan fingerprint density at radius 2 is 1.74 bits per heavy atom. The molecule has 0 radical (unpaired) electrons. The molecule has 0 saturated carbocycles. The maximum Gasteiger partial charge on any atom is 0.0900 e. The first kappa shape index (κ1) is 14.5. The third-order valence-corrected chi connectivity index (χ3v) is 5.66. The molecule has 0 fully saturated rings. The van der Waals surface area contributed by atoms with Gasteiger partial charge in [-0.2, -0.15) is 0 Å². The highest BCUT2D eigenvalue weighted by molar-refractivity contribution is 9.10. The first-order valence-corrected chi connectivity index (χ1v) is 7.96. The molecule has 2 rings (SSSR count). The summed E-state index contributed by atoms with van der Waals surface area (Å²) in [6.07, 6.45) is 0. The predicted molar refractivity (Wildman–Crippen MR) is 87.2 cm³/mol. The van der Waals surface area contributed by atoms with Gasteiger partial charge in [-0.05, 0) is 57.9 Å². The second-order valence-corrected chi connectivity index (χ2v) is 7.00. The summed E-state index contributed by atoms with van der Waals surface area (Å²) < 4.78 is 1.19. The number of aryl methyl sites for hydroxylation is 4. The third-order valence-electron chi connectivity index (χ3n) is 3.15. The van der Waals surface area contributed by atoms with E-state index < -0.39 is 0 Å². The van der Waals surface area contributed by atoms with Crippen molar-refractivity contribution in [1.82, 2.24) is 4.98 Å². The Hall–Kier alpha value is -0.870. The summed E-state index contributed by atoms with van der Waals surface area (Å²) in [7, 11) is 0. The van der Waals surface area contributed by atoms with E-state index in [1.54, 1.807) is 11.3 Å². The molecule has 1 aromatic heterocycles. The van der Waals surface area contributed by atoms with Gasteiger partial charge in [0.1, 0.15) is 0 Å². The zero-order valence-electron chi connectivity index (χ0n) is 12.0. The normalized spacial score (nSPS) is 12.5. The van der Waals surface area contributed by atoms with Crippen molar-refractivity contribution < 1.29 is 0 Å². The number of nitrogens with zero attached hydrogens (tertiary/aromatic N) is 1. The van der Waals surface area contributed by atoms with Crippen molar-refractivity contribution >= 4 is 33.0 Å². The van der Waals surface area contributed by atoms with E-state index in [-0.39, 0.29) is 6.04 Å². The summed E-state index contributed by atoms with van der Waals surface area (Å²) in [5, 5.41) is 4.70. The van der Waals surface area contributed by atoms with Crippen molar-refractivity contribution in [3.8, 4) is 0 Å². The fourth-order valence-corrected chi connectivity index (χ4v) is 3.45. The molecule has 4 heteroatoms. The van der Waals surface area contributed by atoms with Crippen molar-refractivity contribution in [2.75, 3.05) is 5.32 Å². The number of hydrogen-bond acceptors (Lipinski definition) is 3. The second kappa shape index (κ2) is 5.63. The highest BCUT2D eigenvalue weighted by Gasteiger charge is 2.13. The van der Waals surface area contributed by atoms with Crippen LogP contribution in [0.25, 0.3) is 0 Å². The van der Waals surface area contributed by atoms with E-state index in [1.165, 1.54) is 20.5 Å². The van der Waals surface area contributed by atoms with Gasteiger partial charge >= 0.3 is 0 Å². The molecule has 1 unspecified atom stereocenters. The van der Waals surface area contributed by atoms with Gasteiger partial charge in [0.2, 0.25) is 0 Å². The third kappa shape index (κ3) is 3.18. The van der Waals surface area contributed by atoms with E-state index in [4.69, 9.17) is 0 Å². The van der Waals surface area contributed by atoms with Crippen LogP contribution in [0.5, 0.6) is 0 Å². The van der Waals surface area contributed by atoms with Gasteiger partial charge in [-0.15, -0.1) is 11.3 Å². The largest absolute Gasteiger partial charge is 0.378 e. The number of benzene rings is 1. The monoisotopic (exact) mass is 338 g/mol. The molecule has 0 spiro atoms. The van der Waals surface area contributed by atoms with Crippen LogP contribution in [0, 0.1) is 27.7 Å². The van der Waals surface area contributed by atoms with Gasteiger partial charge in [-0.25, -0.2) is 4.98 Å². The summed E-state index contributed by atoms with van der Waals surface area (Å²) in [5.41, 5.74) is 4.81. The molecule has 0 aliphatic rings. The molecule has 1 heterocycles. The molecular weight excluding hydrogens is 320 g/mol. The van der Waals surface area contributed by atoms with Gasteiger partial charge in [0.25, 0.3) is 0 Å². The van der Waals surface area contributed by atoms with E-state index >= 15 is 0 Å². The average Bonchev–Trinajstić information content (AvgIpc) is 2.65. The highest BCUT2D eigenvalue weighted by atomic mass is 79.9. The molecule has 2 aromatic rings. The SMILES string of the molecule is Cc1nc(C)c(C(C)Nc2cc(C)c(Br)c(C)c2)s1. The van der Waals surface area contributed by atoms with Gasteiger partial charge in [0.15, 0.2) is 0 Å². The van der Waals surface area contributed by atoms with E-state index in [0.29, 0.717) is 0 Å². The topological polar surface area (TPSA) is 24.9 Å². The molecule has 0 bridgehead atoms. The molecule has 2 nitrogen and oxygen atoms in total. The van der Waals surface area contributed by atoms with Crippen LogP contribution in [0.3, 0.4) is 0 Å². The lowest BCUT2D eigenvalue weighted by Gasteiger charge is -2.16. The number of hydrogen-bond donors (Lipinski definition) is 1. The minimum Gasteiger partial charge on any atom is -0.378 e. The van der Waals surface area contributed by atoms with Crippen LogP contribution in [0.15, 0.2) is 16.6 Å². The average molecular weight is 339 g/mol. The molecule has 0 saturated heterocycles. The number of rotatable bonds is 3. The lowest BCUT2D eigenvalue weighted by molar-refractivity contribution is 0.889. The van der Waals surface area contributed by atoms with Gasteiger partial charge in [-0.1, -0.05) is 15.9 Å². The number of thiazole rings is 1. The fourth-order valence-electron chi connectivity index (χ4n) is 2.29. The molecule has 1 atom stereocenters. The maximum absolute atomic E-state index is 4.49. The molecule has 0 aliphatic carbocycles. The van der Waals surface area contributed by atoms with Crippen molar-refractivity contribution in [3.63, 3.8) is 0 Å². The number of anilines is 1. The molecule has 0 amide bonds. The zero-order chi connectivity index (χ0) is 14.2. The first-order valence-electron chi connectivity index (χ1n) is 6.35. The minimum atomic E-state index is 0.283. The van der Waals surface area contributed by atoms with Crippen LogP contribution < -0.4 is 5.32 Å². The van der Waals surface area contributed by atoms with Crippen LogP contribution >= 0.6 is 27.3 Å². The Labute approximate surface area is 127 Å². The van der Waals surface area contributed by atoms with Gasteiger partial charge in [0.05, 0.1) is 16.7 Å². The summed E-state index contributed by atoms with van der Waals surface area (Å²) in [5.74, 6) is 0. The van der Waals surface area contributed by atoms with Crippen LogP contribution in [-0.2, 0) is 0 Å². The second-order valence-electron chi connectivity index (χ2n) is 4.97. The van der Waals surface area contributed by atoms with Crippen molar-refractivity contribution in [1.29, 1.82) is 0 Å². The van der Waals surface area contributed by atoms with E-state index in [2.05, 4.69) is 73.0 Å². The summed E-state index contributed by atoms with van der Waals surface area (Å²) >= 11 is 5.37. The number of aromatic nitrogens is 1. The zero-order valence-corrected chi connectivity index (χ0v) is 14.4. The van der Waals surface area contributed by atoms with Crippen molar-refractivity contribution in [2.45, 2.75) is 40.7 Å². The van der Waals surface area contributed by atoms with Crippen molar-refractivity contribution in [2.24, 2.45) is 0 Å². The fraction of sp³-hybridized carbons (Fsp3) is 0.400. The Bertz CT molecular complexity index is 581. The predicted octanol–water partition coefficient (Wildman–Crippen LogP) is 5.31. The van der Waals surface area contributed by atoms with Gasteiger partial charge in [0, 0.05) is 15.0 Å². The quantitative estimate of drug-likeness (QED) is 0.819. The van der Waals surface area contributed by atoms with Crippen LogP contribution in [0.1, 0.15) is 39.7 Å². The van der Waals surface area contributed by atoms with Crippen LogP contribution in [0.4, 0.5) is 5.69 Å². The Balaban J connectivity index is 2.24. The molecule has 0 aliphatic heterocycles. The summed E-state index contributed by atoms with van der Waals surface area (Å²) in [4.78, 5) is 5.81. The Kier molecular flexibility index (Phi) is 4.31. The molecular formula is C15H19BrN2S. The highest BCUT2D eigenvalue weighted by Crippen LogP contribution is 2.30. The first-order chi connectivity index (χ1) is 8.88. The molecule has 19 heavy (non-hydrogen) atoms. The van der Waals surface area contributed by atoms with Crippen molar-refractivity contribution in [3.05, 3.63) is 43.3 Å².